The number of rotatable bonds is 5. The van der Waals surface area contributed by atoms with E-state index in [2.05, 4.69) is 0 Å². The van der Waals surface area contributed by atoms with E-state index in [9.17, 15) is 9.90 Å². The van der Waals surface area contributed by atoms with Crippen molar-refractivity contribution in [3.8, 4) is 5.06 Å². The number of carbonyl (C=O) groups is 1. The fourth-order valence-electron chi connectivity index (χ4n) is 2.07. The Hall–Kier alpha value is -1.22. The third-order valence-corrected chi connectivity index (χ3v) is 5.71. The average molecular weight is 385 g/mol. The standard InChI is InChI=1S/C15H16N2O2S4/c1-3-16-10(12(18)22-14(16)20)8-6-5-7-9-11-13(19)23-15(21)17(11)4-2/h5-9,18H,3-4H2,1-2H3/b7-5?,8-6?,11-9+. The second kappa shape index (κ2) is 8.05. The number of thioether (sulfide) groups is 1. The van der Waals surface area contributed by atoms with Crippen LogP contribution in [0.1, 0.15) is 19.5 Å². The maximum atomic E-state index is 11.8. The zero-order valence-electron chi connectivity index (χ0n) is 12.7. The largest absolute Gasteiger partial charge is 0.498 e. The van der Waals surface area contributed by atoms with Crippen LogP contribution >= 0.6 is 47.5 Å². The highest BCUT2D eigenvalue weighted by molar-refractivity contribution is 8.33. The van der Waals surface area contributed by atoms with Gasteiger partial charge in [-0.2, -0.15) is 0 Å². The molecule has 0 spiro atoms. The Kier molecular flexibility index (Phi) is 6.34. The van der Waals surface area contributed by atoms with Crippen molar-refractivity contribution in [1.82, 2.24) is 9.47 Å². The van der Waals surface area contributed by atoms with Crippen LogP contribution in [0.3, 0.4) is 0 Å². The SMILES string of the molecule is CCN1C(=S)SC(=O)/C1=C\C=CC=Cc1c(O)sc(=S)n1CC. The summed E-state index contributed by atoms with van der Waals surface area (Å²) in [5.74, 6) is 0. The van der Waals surface area contributed by atoms with Crippen LogP contribution in [0, 0.1) is 3.95 Å². The Balaban J connectivity index is 2.13. The summed E-state index contributed by atoms with van der Waals surface area (Å²) in [5, 5.41) is 10.1. The van der Waals surface area contributed by atoms with Gasteiger partial charge in [0.15, 0.2) is 9.02 Å². The first kappa shape index (κ1) is 18.1. The van der Waals surface area contributed by atoms with E-state index in [1.807, 2.05) is 23.3 Å². The Morgan fingerprint density at radius 2 is 1.91 bits per heavy atom. The van der Waals surface area contributed by atoms with Gasteiger partial charge in [0.25, 0.3) is 0 Å². The molecule has 2 rings (SSSR count). The lowest BCUT2D eigenvalue weighted by Gasteiger charge is -2.13. The second-order valence-electron chi connectivity index (χ2n) is 4.50. The van der Waals surface area contributed by atoms with Gasteiger partial charge < -0.3 is 14.6 Å². The normalized spacial score (nSPS) is 17.5. The van der Waals surface area contributed by atoms with Gasteiger partial charge in [-0.1, -0.05) is 41.8 Å². The van der Waals surface area contributed by atoms with Crippen molar-refractivity contribution in [3.63, 3.8) is 0 Å². The van der Waals surface area contributed by atoms with E-state index in [0.29, 0.717) is 32.8 Å². The molecule has 23 heavy (non-hydrogen) atoms. The van der Waals surface area contributed by atoms with Crippen molar-refractivity contribution in [2.75, 3.05) is 6.54 Å². The monoisotopic (exact) mass is 384 g/mol. The van der Waals surface area contributed by atoms with Crippen molar-refractivity contribution in [3.05, 3.63) is 39.6 Å². The fraction of sp³-hybridized carbons (Fsp3) is 0.267. The van der Waals surface area contributed by atoms with Gasteiger partial charge in [0.2, 0.25) is 5.12 Å². The van der Waals surface area contributed by atoms with E-state index in [4.69, 9.17) is 24.4 Å². The van der Waals surface area contributed by atoms with Crippen molar-refractivity contribution >= 4 is 63.0 Å². The molecule has 0 saturated carbocycles. The minimum Gasteiger partial charge on any atom is -0.498 e. The summed E-state index contributed by atoms with van der Waals surface area (Å²) in [6.45, 7) is 5.31. The van der Waals surface area contributed by atoms with Gasteiger partial charge in [0, 0.05) is 13.1 Å². The van der Waals surface area contributed by atoms with Crippen molar-refractivity contribution in [2.45, 2.75) is 20.4 Å². The molecule has 1 N–H and O–H groups in total. The molecule has 1 aromatic rings. The van der Waals surface area contributed by atoms with Crippen molar-refractivity contribution < 1.29 is 9.90 Å². The third-order valence-electron chi connectivity index (χ3n) is 3.18. The summed E-state index contributed by atoms with van der Waals surface area (Å²) in [4.78, 5) is 13.7. The molecule has 1 fully saturated rings. The molecule has 1 saturated heterocycles. The summed E-state index contributed by atoms with van der Waals surface area (Å²) in [7, 11) is 0. The number of thiazole rings is 1. The zero-order valence-corrected chi connectivity index (χ0v) is 15.9. The maximum Gasteiger partial charge on any atom is 0.242 e. The van der Waals surface area contributed by atoms with Crippen LogP contribution < -0.4 is 0 Å². The molecule has 8 heteroatoms. The molecule has 0 radical (unpaired) electrons. The molecule has 0 unspecified atom stereocenters. The molecule has 0 bridgehead atoms. The maximum absolute atomic E-state index is 11.8. The molecule has 0 aromatic carbocycles. The molecule has 0 atom stereocenters. The second-order valence-corrected chi connectivity index (χ2v) is 7.73. The Morgan fingerprint density at radius 1 is 1.17 bits per heavy atom. The summed E-state index contributed by atoms with van der Waals surface area (Å²) in [6.07, 6.45) is 8.95. The van der Waals surface area contributed by atoms with Crippen LogP contribution in [-0.2, 0) is 11.3 Å². The topological polar surface area (TPSA) is 45.5 Å². The van der Waals surface area contributed by atoms with E-state index < -0.39 is 0 Å². The Labute approximate surface area is 153 Å². The van der Waals surface area contributed by atoms with Gasteiger partial charge in [0.05, 0.1) is 11.4 Å². The number of aromatic nitrogens is 1. The van der Waals surface area contributed by atoms with Gasteiger partial charge in [0.1, 0.15) is 4.32 Å². The highest BCUT2D eigenvalue weighted by atomic mass is 32.2. The predicted octanol–water partition coefficient (Wildman–Crippen LogP) is 4.34. The molecule has 1 aliphatic rings. The lowest BCUT2D eigenvalue weighted by molar-refractivity contribution is -0.108. The van der Waals surface area contributed by atoms with Crippen LogP contribution in [-0.4, -0.2) is 30.6 Å². The van der Waals surface area contributed by atoms with E-state index in [1.54, 1.807) is 30.4 Å². The molecule has 122 valence electrons. The Bertz CT molecular complexity index is 771. The minimum absolute atomic E-state index is 0.0273. The number of carbonyl (C=O) groups excluding carboxylic acids is 1. The number of likely N-dealkylation sites (N-methyl/N-ethyl adjacent to an activating group) is 1. The van der Waals surface area contributed by atoms with Gasteiger partial charge in [-0.05, 0) is 50.0 Å². The van der Waals surface area contributed by atoms with E-state index in [-0.39, 0.29) is 10.2 Å². The van der Waals surface area contributed by atoms with E-state index in [0.717, 1.165) is 11.8 Å². The summed E-state index contributed by atoms with van der Waals surface area (Å²) in [6, 6.07) is 0. The first-order valence-electron chi connectivity index (χ1n) is 7.00. The highest BCUT2D eigenvalue weighted by Crippen LogP contribution is 2.29. The molecular weight excluding hydrogens is 368 g/mol. The number of aromatic hydroxyl groups is 1. The fourth-order valence-corrected chi connectivity index (χ4v) is 4.56. The molecular formula is C15H16N2O2S4. The Morgan fingerprint density at radius 3 is 2.57 bits per heavy atom. The first-order valence-corrected chi connectivity index (χ1v) is 9.45. The van der Waals surface area contributed by atoms with Gasteiger partial charge in [-0.25, -0.2) is 0 Å². The molecule has 0 amide bonds. The number of thiocarbonyl (C=S) groups is 1. The van der Waals surface area contributed by atoms with Crippen molar-refractivity contribution in [1.29, 1.82) is 0 Å². The number of hydrogen-bond donors (Lipinski definition) is 1. The number of hydrogen-bond acceptors (Lipinski definition) is 6. The quantitative estimate of drug-likeness (QED) is 0.463. The van der Waals surface area contributed by atoms with Crippen molar-refractivity contribution in [2.24, 2.45) is 0 Å². The molecule has 2 heterocycles. The molecule has 0 aliphatic carbocycles. The summed E-state index contributed by atoms with van der Waals surface area (Å²) < 4.78 is 3.11. The lowest BCUT2D eigenvalue weighted by atomic mass is 10.3. The van der Waals surface area contributed by atoms with E-state index >= 15 is 0 Å². The van der Waals surface area contributed by atoms with Crippen LogP contribution in [0.4, 0.5) is 0 Å². The number of nitrogens with zero attached hydrogens (tertiary/aromatic N) is 2. The van der Waals surface area contributed by atoms with Crippen LogP contribution in [0.2, 0.25) is 0 Å². The van der Waals surface area contributed by atoms with E-state index in [1.165, 1.54) is 11.3 Å². The lowest BCUT2D eigenvalue weighted by Crippen LogP contribution is -2.21. The predicted molar refractivity (Wildman–Crippen MR) is 104 cm³/mol. The average Bonchev–Trinajstić information content (AvgIpc) is 2.93. The smallest absolute Gasteiger partial charge is 0.242 e. The van der Waals surface area contributed by atoms with Gasteiger partial charge in [-0.3, -0.25) is 4.79 Å². The first-order chi connectivity index (χ1) is 11.0. The minimum atomic E-state index is -0.0273. The van der Waals surface area contributed by atoms with Gasteiger partial charge in [-0.15, -0.1) is 0 Å². The molecule has 1 aliphatic heterocycles. The zero-order chi connectivity index (χ0) is 17.0. The van der Waals surface area contributed by atoms with Gasteiger partial charge >= 0.3 is 0 Å². The third kappa shape index (κ3) is 4.00. The molecule has 4 nitrogen and oxygen atoms in total. The summed E-state index contributed by atoms with van der Waals surface area (Å²) in [5.41, 5.74) is 1.30. The van der Waals surface area contributed by atoms with Crippen LogP contribution in [0.25, 0.3) is 6.08 Å². The molecule has 1 aromatic heterocycles. The van der Waals surface area contributed by atoms with Crippen LogP contribution in [0.5, 0.6) is 5.06 Å². The summed E-state index contributed by atoms with van der Waals surface area (Å²) >= 11 is 12.6. The number of allylic oxidation sites excluding steroid dienone is 4. The van der Waals surface area contributed by atoms with Crippen LogP contribution in [0.15, 0.2) is 30.0 Å². The highest BCUT2D eigenvalue weighted by Gasteiger charge is 2.29.